The van der Waals surface area contributed by atoms with Crippen molar-refractivity contribution in [3.05, 3.63) is 62.5 Å². The van der Waals surface area contributed by atoms with E-state index in [4.69, 9.17) is 0 Å². The first-order valence-corrected chi connectivity index (χ1v) is 8.75. The highest BCUT2D eigenvalue weighted by Gasteiger charge is 2.23. The van der Waals surface area contributed by atoms with Gasteiger partial charge < -0.3 is 5.11 Å². The predicted octanol–water partition coefficient (Wildman–Crippen LogP) is 2.62. The van der Waals surface area contributed by atoms with E-state index in [2.05, 4.69) is 4.98 Å². The van der Waals surface area contributed by atoms with E-state index in [1.54, 1.807) is 11.3 Å². The molecule has 0 atom stereocenters. The van der Waals surface area contributed by atoms with Crippen LogP contribution in [0.2, 0.25) is 0 Å². The summed E-state index contributed by atoms with van der Waals surface area (Å²) in [7, 11) is 0. The van der Waals surface area contributed by atoms with Gasteiger partial charge in [-0.2, -0.15) is 0 Å². The van der Waals surface area contributed by atoms with Gasteiger partial charge in [-0.05, 0) is 30.4 Å². The fourth-order valence-electron chi connectivity index (χ4n) is 3.33. The van der Waals surface area contributed by atoms with Gasteiger partial charge in [-0.3, -0.25) is 14.2 Å². The number of rotatable bonds is 4. The molecule has 3 aromatic rings. The number of benzene rings is 1. The van der Waals surface area contributed by atoms with Crippen LogP contribution >= 0.6 is 11.3 Å². The summed E-state index contributed by atoms with van der Waals surface area (Å²) in [4.78, 5) is 30.9. The van der Waals surface area contributed by atoms with Gasteiger partial charge in [0.15, 0.2) is 0 Å². The van der Waals surface area contributed by atoms with Crippen molar-refractivity contribution in [2.45, 2.75) is 32.2 Å². The van der Waals surface area contributed by atoms with Crippen LogP contribution in [0.4, 0.5) is 0 Å². The molecule has 1 aliphatic carbocycles. The first-order valence-electron chi connectivity index (χ1n) is 7.93. The van der Waals surface area contributed by atoms with E-state index in [1.165, 1.54) is 9.44 Å². The molecule has 0 bridgehead atoms. The zero-order chi connectivity index (χ0) is 16.7. The molecule has 1 aromatic carbocycles. The van der Waals surface area contributed by atoms with Crippen LogP contribution in [-0.4, -0.2) is 20.6 Å². The number of thiophene rings is 1. The molecule has 0 radical (unpaired) electrons. The maximum atomic E-state index is 13.0. The molecular formula is C18H16N2O3S. The molecule has 0 saturated carbocycles. The number of carboxylic acids is 1. The minimum absolute atomic E-state index is 0.215. The second-order valence-electron chi connectivity index (χ2n) is 6.01. The summed E-state index contributed by atoms with van der Waals surface area (Å²) in [5.74, 6) is -0.513. The molecule has 6 heteroatoms. The first-order chi connectivity index (χ1) is 11.6. The van der Waals surface area contributed by atoms with Gasteiger partial charge in [0.2, 0.25) is 0 Å². The maximum absolute atomic E-state index is 13.0. The smallest absolute Gasteiger partial charge is 0.323 e. The average Bonchev–Trinajstić information content (AvgIpc) is 3.12. The molecule has 0 fully saturated rings. The van der Waals surface area contributed by atoms with E-state index in [0.29, 0.717) is 17.6 Å². The van der Waals surface area contributed by atoms with E-state index >= 15 is 0 Å². The third-order valence-electron chi connectivity index (χ3n) is 4.40. The Kier molecular flexibility index (Phi) is 3.69. The normalized spacial score (nSPS) is 13.3. The van der Waals surface area contributed by atoms with Gasteiger partial charge in [0.25, 0.3) is 5.56 Å². The molecule has 24 heavy (non-hydrogen) atoms. The summed E-state index contributed by atoms with van der Waals surface area (Å²) in [6.07, 6.45) is 3.38. The number of aryl methyl sites for hydroxylation is 2. The highest BCUT2D eigenvalue weighted by Crippen LogP contribution is 2.34. The van der Waals surface area contributed by atoms with Gasteiger partial charge in [0, 0.05) is 11.3 Å². The van der Waals surface area contributed by atoms with Crippen molar-refractivity contribution in [2.75, 3.05) is 0 Å². The Balaban J connectivity index is 1.91. The zero-order valence-corrected chi connectivity index (χ0v) is 13.8. The van der Waals surface area contributed by atoms with Gasteiger partial charge in [-0.1, -0.05) is 30.3 Å². The number of hydrogen-bond donors (Lipinski definition) is 1. The van der Waals surface area contributed by atoms with E-state index in [9.17, 15) is 14.7 Å². The second-order valence-corrected chi connectivity index (χ2v) is 7.10. The van der Waals surface area contributed by atoms with Gasteiger partial charge >= 0.3 is 5.97 Å². The topological polar surface area (TPSA) is 72.2 Å². The SMILES string of the molecule is O=C(O)Cn1c(Cc2ccccc2)nc2sc3c(c2c1=O)CCC3. The maximum Gasteiger partial charge on any atom is 0.323 e. The lowest BCUT2D eigenvalue weighted by Crippen LogP contribution is -2.28. The van der Waals surface area contributed by atoms with E-state index in [1.807, 2.05) is 30.3 Å². The molecule has 0 aliphatic heterocycles. The minimum atomic E-state index is -1.03. The molecule has 2 heterocycles. The fourth-order valence-corrected chi connectivity index (χ4v) is 4.60. The molecule has 0 spiro atoms. The third kappa shape index (κ3) is 2.53. The highest BCUT2D eigenvalue weighted by molar-refractivity contribution is 7.18. The van der Waals surface area contributed by atoms with Crippen molar-refractivity contribution in [3.8, 4) is 0 Å². The third-order valence-corrected chi connectivity index (χ3v) is 5.59. The molecule has 1 aliphatic rings. The lowest BCUT2D eigenvalue weighted by molar-refractivity contribution is -0.137. The molecular weight excluding hydrogens is 324 g/mol. The van der Waals surface area contributed by atoms with Crippen LogP contribution in [0.25, 0.3) is 10.2 Å². The molecule has 0 unspecified atom stereocenters. The van der Waals surface area contributed by atoms with Gasteiger partial charge in [-0.15, -0.1) is 11.3 Å². The Morgan fingerprint density at radius 1 is 1.25 bits per heavy atom. The second kappa shape index (κ2) is 5.87. The first kappa shape index (κ1) is 15.1. The standard InChI is InChI=1S/C18H16N2O3S/c21-15(22)10-20-14(9-11-5-2-1-3-6-11)19-17-16(18(20)23)12-7-4-8-13(12)24-17/h1-3,5-6H,4,7-10H2,(H,21,22). The Bertz CT molecular complexity index is 989. The van der Waals surface area contributed by atoms with Crippen LogP contribution < -0.4 is 5.56 Å². The number of nitrogens with zero attached hydrogens (tertiary/aromatic N) is 2. The number of carboxylic acid groups (broad SMARTS) is 1. The minimum Gasteiger partial charge on any atom is -0.480 e. The quantitative estimate of drug-likeness (QED) is 0.792. The molecule has 5 nitrogen and oxygen atoms in total. The van der Waals surface area contributed by atoms with Crippen molar-refractivity contribution in [3.63, 3.8) is 0 Å². The van der Waals surface area contributed by atoms with E-state index < -0.39 is 5.97 Å². The fraction of sp³-hybridized carbons (Fsp3) is 0.278. The predicted molar refractivity (Wildman–Crippen MR) is 92.8 cm³/mol. The van der Waals surface area contributed by atoms with Crippen molar-refractivity contribution >= 4 is 27.5 Å². The van der Waals surface area contributed by atoms with Crippen LogP contribution in [0.1, 0.15) is 28.2 Å². The average molecular weight is 340 g/mol. The number of fused-ring (bicyclic) bond motifs is 3. The van der Waals surface area contributed by atoms with Gasteiger partial charge in [0.1, 0.15) is 17.2 Å². The van der Waals surface area contributed by atoms with Crippen LogP contribution in [0.15, 0.2) is 35.1 Å². The van der Waals surface area contributed by atoms with Crippen molar-refractivity contribution in [1.82, 2.24) is 9.55 Å². The summed E-state index contributed by atoms with van der Waals surface area (Å²) >= 11 is 1.58. The van der Waals surface area contributed by atoms with Crippen LogP contribution in [-0.2, 0) is 30.6 Å². The van der Waals surface area contributed by atoms with Crippen LogP contribution in [0.3, 0.4) is 0 Å². The highest BCUT2D eigenvalue weighted by atomic mass is 32.1. The van der Waals surface area contributed by atoms with Crippen LogP contribution in [0.5, 0.6) is 0 Å². The monoisotopic (exact) mass is 340 g/mol. The Morgan fingerprint density at radius 3 is 2.79 bits per heavy atom. The molecule has 0 amide bonds. The molecule has 1 N–H and O–H groups in total. The molecule has 4 rings (SSSR count). The van der Waals surface area contributed by atoms with Crippen molar-refractivity contribution < 1.29 is 9.90 Å². The molecule has 122 valence electrons. The Morgan fingerprint density at radius 2 is 2.04 bits per heavy atom. The molecule has 0 saturated heterocycles. The summed E-state index contributed by atoms with van der Waals surface area (Å²) < 4.78 is 1.32. The Hall–Kier alpha value is -2.47. The van der Waals surface area contributed by atoms with Gasteiger partial charge in [0.05, 0.1) is 5.39 Å². The summed E-state index contributed by atoms with van der Waals surface area (Å²) in [6.45, 7) is -0.353. The lowest BCUT2D eigenvalue weighted by atomic mass is 10.1. The summed E-state index contributed by atoms with van der Waals surface area (Å²) in [5.41, 5.74) is 1.87. The van der Waals surface area contributed by atoms with Crippen molar-refractivity contribution in [2.24, 2.45) is 0 Å². The lowest BCUT2D eigenvalue weighted by Gasteiger charge is -2.11. The van der Waals surface area contributed by atoms with E-state index in [0.717, 1.165) is 35.2 Å². The summed E-state index contributed by atoms with van der Waals surface area (Å²) in [6, 6.07) is 9.68. The number of aliphatic carboxylic acids is 1. The Labute approximate surface area is 142 Å². The van der Waals surface area contributed by atoms with Gasteiger partial charge in [-0.25, -0.2) is 4.98 Å². The number of carbonyl (C=O) groups is 1. The molecule has 2 aromatic heterocycles. The number of hydrogen-bond acceptors (Lipinski definition) is 4. The number of aromatic nitrogens is 2. The van der Waals surface area contributed by atoms with E-state index in [-0.39, 0.29) is 12.1 Å². The summed E-state index contributed by atoms with van der Waals surface area (Å²) in [5, 5.41) is 9.84. The van der Waals surface area contributed by atoms with Crippen molar-refractivity contribution in [1.29, 1.82) is 0 Å². The largest absolute Gasteiger partial charge is 0.480 e. The zero-order valence-electron chi connectivity index (χ0n) is 13.0. The van der Waals surface area contributed by atoms with Crippen LogP contribution in [0, 0.1) is 0 Å².